The Morgan fingerprint density at radius 3 is 2.33 bits per heavy atom. The van der Waals surface area contributed by atoms with Crippen molar-refractivity contribution < 1.29 is 17.2 Å². The van der Waals surface area contributed by atoms with Crippen LogP contribution >= 0.6 is 11.6 Å². The Labute approximate surface area is 75.1 Å². The molecule has 0 aromatic carbocycles. The van der Waals surface area contributed by atoms with Gasteiger partial charge in [-0.1, -0.05) is 0 Å². The zero-order chi connectivity index (χ0) is 9.78. The topological polar surface area (TPSA) is 46.2 Å². The standard InChI is InChI=1S/C5H10ClF2NO2S/c1-4(6)2-3-9-12(10,11)5(7)8/h4-5,9H,2-3H2,1H3. The van der Waals surface area contributed by atoms with Crippen LogP contribution in [0.1, 0.15) is 13.3 Å². The fraction of sp³-hybridized carbons (Fsp3) is 1.00. The van der Waals surface area contributed by atoms with Crippen molar-refractivity contribution in [2.75, 3.05) is 6.54 Å². The van der Waals surface area contributed by atoms with Gasteiger partial charge in [0.15, 0.2) is 0 Å². The molecule has 0 amide bonds. The molecule has 0 aliphatic heterocycles. The Morgan fingerprint density at radius 2 is 2.00 bits per heavy atom. The summed E-state index contributed by atoms with van der Waals surface area (Å²) in [5.74, 6) is -3.37. The predicted octanol–water partition coefficient (Wildman–Crippen LogP) is 1.15. The van der Waals surface area contributed by atoms with Crippen LogP contribution in [-0.2, 0) is 10.0 Å². The van der Waals surface area contributed by atoms with Crippen LogP contribution in [0.2, 0.25) is 0 Å². The lowest BCUT2D eigenvalue weighted by molar-refractivity contribution is 0.232. The lowest BCUT2D eigenvalue weighted by Gasteiger charge is -2.05. The van der Waals surface area contributed by atoms with Crippen LogP contribution in [0.3, 0.4) is 0 Å². The lowest BCUT2D eigenvalue weighted by atomic mass is 10.3. The third kappa shape index (κ3) is 4.84. The molecule has 0 saturated carbocycles. The van der Waals surface area contributed by atoms with Gasteiger partial charge in [0.05, 0.1) is 0 Å². The summed E-state index contributed by atoms with van der Waals surface area (Å²) in [5.41, 5.74) is 0. The van der Waals surface area contributed by atoms with Crippen molar-refractivity contribution in [1.29, 1.82) is 0 Å². The minimum Gasteiger partial charge on any atom is -0.210 e. The second-order valence-corrected chi connectivity index (χ2v) is 4.75. The summed E-state index contributed by atoms with van der Waals surface area (Å²) < 4.78 is 45.8. The lowest BCUT2D eigenvalue weighted by Crippen LogP contribution is -2.30. The summed E-state index contributed by atoms with van der Waals surface area (Å²) in [5, 5.41) is -0.231. The number of halogens is 3. The van der Waals surface area contributed by atoms with Gasteiger partial charge in [-0.15, -0.1) is 11.6 Å². The van der Waals surface area contributed by atoms with E-state index in [1.165, 1.54) is 0 Å². The van der Waals surface area contributed by atoms with Gasteiger partial charge < -0.3 is 0 Å². The average Bonchev–Trinajstić information content (AvgIpc) is 1.85. The summed E-state index contributed by atoms with van der Waals surface area (Å²) in [6.07, 6.45) is 0.327. The Bertz CT molecular complexity index is 217. The van der Waals surface area contributed by atoms with Gasteiger partial charge in [0, 0.05) is 11.9 Å². The maximum atomic E-state index is 11.7. The molecule has 0 aromatic rings. The van der Waals surface area contributed by atoms with Crippen molar-refractivity contribution in [3.8, 4) is 0 Å². The van der Waals surface area contributed by atoms with Gasteiger partial charge in [-0.2, -0.15) is 8.78 Å². The summed E-state index contributed by atoms with van der Waals surface area (Å²) in [7, 11) is -4.44. The van der Waals surface area contributed by atoms with Crippen molar-refractivity contribution in [2.24, 2.45) is 0 Å². The van der Waals surface area contributed by atoms with E-state index >= 15 is 0 Å². The monoisotopic (exact) mass is 221 g/mol. The van der Waals surface area contributed by atoms with Crippen molar-refractivity contribution in [1.82, 2.24) is 4.72 Å². The second kappa shape index (κ2) is 4.94. The second-order valence-electron chi connectivity index (χ2n) is 2.27. The SMILES string of the molecule is CC(Cl)CCNS(=O)(=O)C(F)F. The summed E-state index contributed by atoms with van der Waals surface area (Å²) in [6, 6.07) is 0. The number of hydrogen-bond acceptors (Lipinski definition) is 2. The molecule has 1 atom stereocenters. The van der Waals surface area contributed by atoms with E-state index in [1.54, 1.807) is 11.6 Å². The van der Waals surface area contributed by atoms with E-state index in [9.17, 15) is 17.2 Å². The highest BCUT2D eigenvalue weighted by Crippen LogP contribution is 2.03. The molecule has 0 spiro atoms. The van der Waals surface area contributed by atoms with Gasteiger partial charge in [-0.3, -0.25) is 0 Å². The Balaban J connectivity index is 3.79. The molecule has 12 heavy (non-hydrogen) atoms. The van der Waals surface area contributed by atoms with Gasteiger partial charge in [0.1, 0.15) is 0 Å². The fourth-order valence-corrected chi connectivity index (χ4v) is 1.10. The molecular formula is C5H10ClF2NO2S. The predicted molar refractivity (Wildman–Crippen MR) is 42.9 cm³/mol. The average molecular weight is 222 g/mol. The highest BCUT2D eigenvalue weighted by atomic mass is 35.5. The molecule has 0 fully saturated rings. The highest BCUT2D eigenvalue weighted by Gasteiger charge is 2.22. The van der Waals surface area contributed by atoms with Crippen molar-refractivity contribution in [3.05, 3.63) is 0 Å². The fourth-order valence-electron chi connectivity index (χ4n) is 0.463. The van der Waals surface area contributed by atoms with Gasteiger partial charge in [-0.05, 0) is 13.3 Å². The smallest absolute Gasteiger partial charge is 0.210 e. The quantitative estimate of drug-likeness (QED) is 0.708. The molecule has 0 heterocycles. The molecule has 0 aromatic heterocycles. The number of nitrogens with one attached hydrogen (secondary N) is 1. The summed E-state index contributed by atoms with van der Waals surface area (Å²) >= 11 is 5.46. The van der Waals surface area contributed by atoms with E-state index in [4.69, 9.17) is 11.6 Å². The van der Waals surface area contributed by atoms with Crippen molar-refractivity contribution in [2.45, 2.75) is 24.5 Å². The van der Waals surface area contributed by atoms with Gasteiger partial charge >= 0.3 is 5.76 Å². The zero-order valence-corrected chi connectivity index (χ0v) is 8.00. The molecular weight excluding hydrogens is 212 g/mol. The molecule has 0 aliphatic carbocycles. The van der Waals surface area contributed by atoms with Gasteiger partial charge in [0.2, 0.25) is 0 Å². The number of alkyl halides is 3. The molecule has 74 valence electrons. The largest absolute Gasteiger partial charge is 0.350 e. The zero-order valence-electron chi connectivity index (χ0n) is 6.43. The van der Waals surface area contributed by atoms with Crippen molar-refractivity contribution >= 4 is 21.6 Å². The maximum Gasteiger partial charge on any atom is 0.350 e. The number of hydrogen-bond donors (Lipinski definition) is 1. The van der Waals surface area contributed by atoms with Crippen molar-refractivity contribution in [3.63, 3.8) is 0 Å². The Kier molecular flexibility index (Phi) is 4.96. The molecule has 0 aliphatic rings. The first-order chi connectivity index (χ1) is 5.36. The molecule has 0 radical (unpaired) electrons. The van der Waals surface area contributed by atoms with Crippen LogP contribution in [0, 0.1) is 0 Å². The third-order valence-corrected chi connectivity index (χ3v) is 2.37. The minimum absolute atomic E-state index is 0.0582. The minimum atomic E-state index is -4.44. The first-order valence-electron chi connectivity index (χ1n) is 3.27. The van der Waals surface area contributed by atoms with E-state index in [0.29, 0.717) is 6.42 Å². The van der Waals surface area contributed by atoms with E-state index < -0.39 is 15.8 Å². The summed E-state index contributed by atoms with van der Waals surface area (Å²) in [4.78, 5) is 0. The Hall–Kier alpha value is 0.0600. The first-order valence-corrected chi connectivity index (χ1v) is 5.25. The molecule has 1 unspecified atom stereocenters. The van der Waals surface area contributed by atoms with E-state index in [1.807, 2.05) is 0 Å². The van der Waals surface area contributed by atoms with Gasteiger partial charge in [-0.25, -0.2) is 13.1 Å². The van der Waals surface area contributed by atoms with Crippen LogP contribution in [-0.4, -0.2) is 26.1 Å². The first kappa shape index (κ1) is 12.1. The molecule has 0 rings (SSSR count). The molecule has 1 N–H and O–H groups in total. The van der Waals surface area contributed by atoms with Crippen LogP contribution in [0.4, 0.5) is 8.78 Å². The van der Waals surface area contributed by atoms with Gasteiger partial charge in [0.25, 0.3) is 10.0 Å². The van der Waals surface area contributed by atoms with Crippen LogP contribution < -0.4 is 4.72 Å². The van der Waals surface area contributed by atoms with E-state index in [-0.39, 0.29) is 11.9 Å². The summed E-state index contributed by atoms with van der Waals surface area (Å²) in [6.45, 7) is 1.59. The normalized spacial score (nSPS) is 15.1. The number of rotatable bonds is 5. The van der Waals surface area contributed by atoms with Crippen LogP contribution in [0.15, 0.2) is 0 Å². The van der Waals surface area contributed by atoms with E-state index in [2.05, 4.69) is 0 Å². The highest BCUT2D eigenvalue weighted by molar-refractivity contribution is 7.89. The maximum absolute atomic E-state index is 11.7. The Morgan fingerprint density at radius 1 is 1.50 bits per heavy atom. The molecule has 0 saturated heterocycles. The number of sulfonamides is 1. The van der Waals surface area contributed by atoms with Crippen LogP contribution in [0.5, 0.6) is 0 Å². The molecule has 3 nitrogen and oxygen atoms in total. The van der Waals surface area contributed by atoms with Crippen LogP contribution in [0.25, 0.3) is 0 Å². The molecule has 7 heteroatoms. The molecule has 0 bridgehead atoms. The van der Waals surface area contributed by atoms with E-state index in [0.717, 1.165) is 0 Å². The third-order valence-electron chi connectivity index (χ3n) is 1.08.